The van der Waals surface area contributed by atoms with Gasteiger partial charge in [0, 0.05) is 32.7 Å². The molecule has 8 nitrogen and oxygen atoms in total. The fourth-order valence-corrected chi connectivity index (χ4v) is 3.55. The van der Waals surface area contributed by atoms with Crippen molar-refractivity contribution in [2.45, 2.75) is 6.54 Å². The lowest BCUT2D eigenvalue weighted by molar-refractivity contribution is -0.390. The van der Waals surface area contributed by atoms with Crippen molar-refractivity contribution >= 4 is 50.9 Å². The molecule has 1 fully saturated rings. The highest BCUT2D eigenvalue weighted by atomic mass is 79.9. The summed E-state index contributed by atoms with van der Waals surface area (Å²) in [5.74, 6) is -0.665. The highest BCUT2D eigenvalue weighted by Gasteiger charge is 2.30. The van der Waals surface area contributed by atoms with Crippen molar-refractivity contribution in [3.05, 3.63) is 54.1 Å². The van der Waals surface area contributed by atoms with Crippen LogP contribution >= 0.6 is 39.1 Å². The van der Waals surface area contributed by atoms with Crippen LogP contribution in [0.15, 0.2) is 22.7 Å². The van der Waals surface area contributed by atoms with Crippen LogP contribution in [0, 0.1) is 10.1 Å². The van der Waals surface area contributed by atoms with E-state index >= 15 is 0 Å². The zero-order valence-electron chi connectivity index (χ0n) is 13.4. The molecule has 2 heterocycles. The molecule has 0 unspecified atom stereocenters. The zero-order chi connectivity index (χ0) is 18.8. The molecule has 26 heavy (non-hydrogen) atoms. The molecule has 0 aliphatic carbocycles. The zero-order valence-corrected chi connectivity index (χ0v) is 16.5. The molecule has 1 saturated heterocycles. The van der Waals surface area contributed by atoms with E-state index in [4.69, 9.17) is 23.2 Å². The number of nitrogens with zero attached hydrogens (tertiary/aromatic N) is 4. The minimum Gasteiger partial charge on any atom is -0.358 e. The van der Waals surface area contributed by atoms with Crippen LogP contribution in [-0.2, 0) is 6.54 Å². The average molecular weight is 463 g/mol. The molecule has 0 radical (unpaired) electrons. The Morgan fingerprint density at radius 3 is 2.54 bits per heavy atom. The van der Waals surface area contributed by atoms with Crippen LogP contribution in [0.4, 0.5) is 5.82 Å². The van der Waals surface area contributed by atoms with E-state index in [1.807, 2.05) is 12.1 Å². The third kappa shape index (κ3) is 4.01. The van der Waals surface area contributed by atoms with Crippen LogP contribution in [0.5, 0.6) is 0 Å². The van der Waals surface area contributed by atoms with Crippen LogP contribution in [0.2, 0.25) is 10.0 Å². The monoisotopic (exact) mass is 461 g/mol. The molecular formula is C15H14BrCl2N5O3. The highest BCUT2D eigenvalue weighted by Crippen LogP contribution is 2.27. The molecule has 1 aliphatic heterocycles. The number of rotatable bonds is 4. The normalized spacial score (nSPS) is 15.3. The number of halogens is 3. The number of piperazine rings is 1. The molecule has 1 aromatic heterocycles. The van der Waals surface area contributed by atoms with Crippen LogP contribution in [0.3, 0.4) is 0 Å². The second-order valence-electron chi connectivity index (χ2n) is 5.81. The number of hydrogen-bond acceptors (Lipinski definition) is 5. The molecule has 1 amide bonds. The van der Waals surface area contributed by atoms with E-state index in [-0.39, 0.29) is 21.9 Å². The van der Waals surface area contributed by atoms with Crippen molar-refractivity contribution in [2.24, 2.45) is 0 Å². The SMILES string of the molecule is O=C(c1n[nH]c([N+](=O)[O-])c1Br)N1CCN(Cc2ccc(Cl)c(Cl)c2)CC1. The van der Waals surface area contributed by atoms with Crippen LogP contribution in [0.1, 0.15) is 16.1 Å². The Morgan fingerprint density at radius 2 is 1.96 bits per heavy atom. The first-order valence-corrected chi connectivity index (χ1v) is 9.25. The summed E-state index contributed by atoms with van der Waals surface area (Å²) in [5, 5.41) is 17.9. The predicted octanol–water partition coefficient (Wildman–Crippen LogP) is 3.35. The number of nitro groups is 1. The quantitative estimate of drug-likeness (QED) is 0.555. The van der Waals surface area contributed by atoms with E-state index in [1.54, 1.807) is 11.0 Å². The molecule has 0 bridgehead atoms. The fourth-order valence-electron chi connectivity index (χ4n) is 2.74. The number of aromatic amines is 1. The van der Waals surface area contributed by atoms with Gasteiger partial charge in [0.1, 0.15) is 4.47 Å². The first kappa shape index (κ1) is 19.1. The van der Waals surface area contributed by atoms with Crippen molar-refractivity contribution in [2.75, 3.05) is 26.2 Å². The Bertz CT molecular complexity index is 852. The second kappa shape index (κ2) is 7.91. The maximum Gasteiger partial charge on any atom is 0.357 e. The van der Waals surface area contributed by atoms with Crippen molar-refractivity contribution < 1.29 is 9.72 Å². The van der Waals surface area contributed by atoms with Crippen molar-refractivity contribution in [3.63, 3.8) is 0 Å². The van der Waals surface area contributed by atoms with Crippen LogP contribution in [0.25, 0.3) is 0 Å². The molecule has 138 valence electrons. The Balaban J connectivity index is 1.60. The molecule has 0 saturated carbocycles. The number of carbonyl (C=O) groups excluding carboxylic acids is 1. The molecule has 1 aromatic carbocycles. The molecule has 0 atom stereocenters. The van der Waals surface area contributed by atoms with Gasteiger partial charge in [0.15, 0.2) is 5.69 Å². The molecule has 0 spiro atoms. The van der Waals surface area contributed by atoms with E-state index < -0.39 is 4.92 Å². The van der Waals surface area contributed by atoms with Crippen molar-refractivity contribution in [1.82, 2.24) is 20.0 Å². The topological polar surface area (TPSA) is 95.4 Å². The van der Waals surface area contributed by atoms with E-state index in [0.29, 0.717) is 42.8 Å². The van der Waals surface area contributed by atoms with Gasteiger partial charge in [-0.25, -0.2) is 0 Å². The van der Waals surface area contributed by atoms with Gasteiger partial charge in [-0.3, -0.25) is 9.69 Å². The number of carbonyl (C=O) groups is 1. The summed E-state index contributed by atoms with van der Waals surface area (Å²) in [6, 6.07) is 5.52. The van der Waals surface area contributed by atoms with Gasteiger partial charge in [-0.15, -0.1) is 5.10 Å². The third-order valence-electron chi connectivity index (χ3n) is 4.12. The number of aromatic nitrogens is 2. The van der Waals surface area contributed by atoms with Gasteiger partial charge in [0.05, 0.1) is 10.0 Å². The largest absolute Gasteiger partial charge is 0.358 e. The van der Waals surface area contributed by atoms with Crippen molar-refractivity contribution in [3.8, 4) is 0 Å². The summed E-state index contributed by atoms with van der Waals surface area (Å²) < 4.78 is 0.0748. The number of nitrogens with one attached hydrogen (secondary N) is 1. The minimum absolute atomic E-state index is 0.0228. The lowest BCUT2D eigenvalue weighted by Gasteiger charge is -2.34. The van der Waals surface area contributed by atoms with Crippen molar-refractivity contribution in [1.29, 1.82) is 0 Å². The lowest BCUT2D eigenvalue weighted by Crippen LogP contribution is -2.48. The third-order valence-corrected chi connectivity index (χ3v) is 5.61. The molecular weight excluding hydrogens is 449 g/mol. The number of benzene rings is 1. The Morgan fingerprint density at radius 1 is 1.27 bits per heavy atom. The maximum atomic E-state index is 12.5. The van der Waals surface area contributed by atoms with E-state index in [0.717, 1.165) is 5.56 Å². The minimum atomic E-state index is -0.622. The number of H-pyrrole nitrogens is 1. The molecule has 1 N–H and O–H groups in total. The van der Waals surface area contributed by atoms with E-state index in [9.17, 15) is 14.9 Å². The lowest BCUT2D eigenvalue weighted by atomic mass is 10.2. The van der Waals surface area contributed by atoms with Crippen LogP contribution in [-0.4, -0.2) is 57.0 Å². The molecule has 2 aromatic rings. The molecule has 3 rings (SSSR count). The summed E-state index contributed by atoms with van der Waals surface area (Å²) in [6.45, 7) is 3.07. The van der Waals surface area contributed by atoms with Crippen LogP contribution < -0.4 is 0 Å². The summed E-state index contributed by atoms with van der Waals surface area (Å²) in [6.07, 6.45) is 0. The van der Waals surface area contributed by atoms with Gasteiger partial charge in [-0.1, -0.05) is 34.4 Å². The first-order chi connectivity index (χ1) is 12.4. The summed E-state index contributed by atoms with van der Waals surface area (Å²) in [7, 11) is 0. The van der Waals surface area contributed by atoms with Gasteiger partial charge >= 0.3 is 5.82 Å². The van der Waals surface area contributed by atoms with E-state index in [2.05, 4.69) is 31.0 Å². The van der Waals surface area contributed by atoms with Gasteiger partial charge in [-0.05, 0) is 38.5 Å². The standard InChI is InChI=1S/C15H14BrCl2N5O3/c16-12-13(19-20-14(12)23(25)26)15(24)22-5-3-21(4-6-22)8-9-1-2-10(17)11(18)7-9/h1-2,7H,3-6,8H2,(H,19,20). The fraction of sp³-hybridized carbons (Fsp3) is 0.333. The first-order valence-electron chi connectivity index (χ1n) is 7.70. The van der Waals surface area contributed by atoms with Gasteiger partial charge in [0.25, 0.3) is 5.91 Å². The summed E-state index contributed by atoms with van der Waals surface area (Å²) in [4.78, 5) is 26.6. The van der Waals surface area contributed by atoms with Gasteiger partial charge < -0.3 is 15.0 Å². The molecule has 1 aliphatic rings. The van der Waals surface area contributed by atoms with Gasteiger partial charge in [-0.2, -0.15) is 0 Å². The maximum absolute atomic E-state index is 12.5. The summed E-state index contributed by atoms with van der Waals surface area (Å²) >= 11 is 15.0. The highest BCUT2D eigenvalue weighted by molar-refractivity contribution is 9.10. The number of amides is 1. The van der Waals surface area contributed by atoms with E-state index in [1.165, 1.54) is 0 Å². The average Bonchev–Trinajstić information content (AvgIpc) is 3.00. The molecule has 11 heteroatoms. The van der Waals surface area contributed by atoms with Gasteiger partial charge in [0.2, 0.25) is 0 Å². The summed E-state index contributed by atoms with van der Waals surface area (Å²) in [5.41, 5.74) is 1.07. The Kier molecular flexibility index (Phi) is 5.81. The second-order valence-corrected chi connectivity index (χ2v) is 7.42. The smallest absolute Gasteiger partial charge is 0.357 e. The number of hydrogen-bond donors (Lipinski definition) is 1. The Labute approximate surface area is 167 Å². The Hall–Kier alpha value is -1.68. The predicted molar refractivity (Wildman–Crippen MR) is 101 cm³/mol.